The molecule has 13 heteroatoms. The van der Waals surface area contributed by atoms with E-state index < -0.39 is 10.8 Å². The number of hydrogen-bond acceptors (Lipinski definition) is 9. The Morgan fingerprint density at radius 3 is 2.50 bits per heavy atom. The Labute approximate surface area is 208 Å². The molecule has 12 nitrogen and oxygen atoms in total. The van der Waals surface area contributed by atoms with Crippen LogP contribution in [0.3, 0.4) is 0 Å². The van der Waals surface area contributed by atoms with Gasteiger partial charge < -0.3 is 19.8 Å². The third-order valence-electron chi connectivity index (χ3n) is 4.88. The number of nitrogens with zero attached hydrogens (tertiary/aromatic N) is 4. The van der Waals surface area contributed by atoms with Gasteiger partial charge in [0.25, 0.3) is 11.6 Å². The van der Waals surface area contributed by atoms with Gasteiger partial charge in [0.05, 0.1) is 30.6 Å². The van der Waals surface area contributed by atoms with Crippen LogP contribution >= 0.6 is 11.8 Å². The van der Waals surface area contributed by atoms with Crippen molar-refractivity contribution in [3.63, 3.8) is 0 Å². The highest BCUT2D eigenvalue weighted by atomic mass is 32.2. The van der Waals surface area contributed by atoms with Gasteiger partial charge in [0.15, 0.2) is 16.7 Å². The lowest BCUT2D eigenvalue weighted by Crippen LogP contribution is -2.24. The van der Waals surface area contributed by atoms with Gasteiger partial charge in [-0.1, -0.05) is 11.8 Å². The first-order valence-corrected chi connectivity index (χ1v) is 11.5. The van der Waals surface area contributed by atoms with Crippen LogP contribution in [0.1, 0.15) is 16.4 Å². The quantitative estimate of drug-likeness (QED) is 0.186. The number of nitrogens with one attached hydrogen (secondary N) is 2. The van der Waals surface area contributed by atoms with E-state index in [0.29, 0.717) is 28.1 Å². The van der Waals surface area contributed by atoms with Crippen LogP contribution in [-0.2, 0) is 11.3 Å². The molecule has 0 aliphatic carbocycles. The Balaban J connectivity index is 1.50. The molecule has 0 saturated heterocycles. The molecule has 0 aliphatic rings. The van der Waals surface area contributed by atoms with Gasteiger partial charge in [-0.2, -0.15) is 0 Å². The molecule has 2 aromatic carbocycles. The first-order valence-electron chi connectivity index (χ1n) is 10.5. The number of ether oxygens (including phenoxy) is 1. The fourth-order valence-corrected chi connectivity index (χ4v) is 3.92. The normalized spacial score (nSPS) is 10.6. The summed E-state index contributed by atoms with van der Waals surface area (Å²) in [6.07, 6.45) is 1.39. The van der Waals surface area contributed by atoms with E-state index in [1.54, 1.807) is 54.1 Å². The second-order valence-electron chi connectivity index (χ2n) is 7.23. The Morgan fingerprint density at radius 2 is 1.86 bits per heavy atom. The molecule has 4 rings (SSSR count). The third kappa shape index (κ3) is 5.88. The van der Waals surface area contributed by atoms with Gasteiger partial charge in [-0.3, -0.25) is 24.3 Å². The van der Waals surface area contributed by atoms with Crippen molar-refractivity contribution in [3.8, 4) is 11.4 Å². The number of methoxy groups -OCH3 is 1. The maximum Gasteiger partial charge on any atom is 0.287 e. The van der Waals surface area contributed by atoms with Gasteiger partial charge in [-0.25, -0.2) is 0 Å². The summed E-state index contributed by atoms with van der Waals surface area (Å²) in [5, 5.41) is 25.2. The topological polar surface area (TPSA) is 154 Å². The van der Waals surface area contributed by atoms with Gasteiger partial charge in [0.2, 0.25) is 5.91 Å². The van der Waals surface area contributed by atoms with Gasteiger partial charge in [0, 0.05) is 23.5 Å². The van der Waals surface area contributed by atoms with Crippen LogP contribution in [0.5, 0.6) is 5.75 Å². The van der Waals surface area contributed by atoms with Crippen LogP contribution in [-0.4, -0.2) is 44.4 Å². The van der Waals surface area contributed by atoms with Crippen molar-refractivity contribution in [1.29, 1.82) is 0 Å². The molecule has 2 heterocycles. The van der Waals surface area contributed by atoms with E-state index in [2.05, 4.69) is 20.8 Å². The van der Waals surface area contributed by atoms with Gasteiger partial charge in [-0.15, -0.1) is 10.2 Å². The fraction of sp³-hybridized carbons (Fsp3) is 0.130. The van der Waals surface area contributed by atoms with E-state index in [1.807, 2.05) is 0 Å². The molecule has 2 N–H and O–H groups in total. The second kappa shape index (κ2) is 11.2. The number of furan rings is 1. The van der Waals surface area contributed by atoms with E-state index in [4.69, 9.17) is 9.15 Å². The molecular formula is C23H20N6O6S. The number of thioether (sulfide) groups is 1. The Hall–Kier alpha value is -4.65. The fourth-order valence-electron chi connectivity index (χ4n) is 3.15. The van der Waals surface area contributed by atoms with Gasteiger partial charge >= 0.3 is 0 Å². The number of rotatable bonds is 10. The average Bonchev–Trinajstić information content (AvgIpc) is 3.57. The Bertz CT molecular complexity index is 1350. The molecule has 2 amide bonds. The average molecular weight is 509 g/mol. The van der Waals surface area contributed by atoms with Crippen molar-refractivity contribution in [2.45, 2.75) is 11.7 Å². The number of benzene rings is 2. The molecule has 4 aromatic rings. The largest absolute Gasteiger partial charge is 0.497 e. The zero-order valence-electron chi connectivity index (χ0n) is 18.9. The molecule has 0 fully saturated rings. The first kappa shape index (κ1) is 24.5. The zero-order valence-corrected chi connectivity index (χ0v) is 19.7. The summed E-state index contributed by atoms with van der Waals surface area (Å²) in [6.45, 7) is 0.00211. The van der Waals surface area contributed by atoms with Crippen molar-refractivity contribution in [3.05, 3.63) is 88.6 Å². The monoisotopic (exact) mass is 508 g/mol. The molecule has 0 aliphatic heterocycles. The molecule has 184 valence electrons. The molecular weight excluding hydrogens is 488 g/mol. The maximum absolute atomic E-state index is 12.5. The Kier molecular flexibility index (Phi) is 7.60. The summed E-state index contributed by atoms with van der Waals surface area (Å²) < 4.78 is 11.8. The minimum absolute atomic E-state index is 0.00211. The smallest absolute Gasteiger partial charge is 0.287 e. The number of amides is 2. The lowest BCUT2D eigenvalue weighted by Gasteiger charge is -2.11. The third-order valence-corrected chi connectivity index (χ3v) is 5.81. The van der Waals surface area contributed by atoms with Crippen molar-refractivity contribution in [2.24, 2.45) is 0 Å². The van der Waals surface area contributed by atoms with Crippen LogP contribution in [0, 0.1) is 10.1 Å². The summed E-state index contributed by atoms with van der Waals surface area (Å²) in [4.78, 5) is 35.3. The highest BCUT2D eigenvalue weighted by Crippen LogP contribution is 2.24. The number of non-ortho nitro benzene ring substituents is 1. The van der Waals surface area contributed by atoms with Crippen molar-refractivity contribution in [2.75, 3.05) is 18.2 Å². The predicted molar refractivity (Wildman–Crippen MR) is 130 cm³/mol. The van der Waals surface area contributed by atoms with Crippen LogP contribution in [0.15, 0.2) is 76.5 Å². The van der Waals surface area contributed by atoms with E-state index >= 15 is 0 Å². The summed E-state index contributed by atoms with van der Waals surface area (Å²) in [5.41, 5.74) is 1.07. The SMILES string of the molecule is COc1ccc(NC(=O)CSc2nnc(CNC(=O)c3ccco3)n2-c2ccc([N+](=O)[O-])cc2)cc1. The van der Waals surface area contributed by atoms with Crippen molar-refractivity contribution >= 4 is 35.0 Å². The van der Waals surface area contributed by atoms with E-state index in [-0.39, 0.29) is 29.7 Å². The molecule has 36 heavy (non-hydrogen) atoms. The van der Waals surface area contributed by atoms with Crippen LogP contribution < -0.4 is 15.4 Å². The minimum Gasteiger partial charge on any atom is -0.497 e. The second-order valence-corrected chi connectivity index (χ2v) is 8.18. The van der Waals surface area contributed by atoms with Gasteiger partial charge in [-0.05, 0) is 48.5 Å². The zero-order chi connectivity index (χ0) is 25.5. The number of carbonyl (C=O) groups excluding carboxylic acids is 2. The first-order chi connectivity index (χ1) is 17.4. The van der Waals surface area contributed by atoms with Gasteiger partial charge in [0.1, 0.15) is 5.75 Å². The summed E-state index contributed by atoms with van der Waals surface area (Å²) in [6, 6.07) is 15.8. The van der Waals surface area contributed by atoms with E-state index in [1.165, 1.54) is 24.5 Å². The molecule has 0 spiro atoms. The molecule has 0 atom stereocenters. The molecule has 0 saturated carbocycles. The summed E-state index contributed by atoms with van der Waals surface area (Å²) >= 11 is 1.13. The highest BCUT2D eigenvalue weighted by Gasteiger charge is 2.18. The van der Waals surface area contributed by atoms with E-state index in [0.717, 1.165) is 11.8 Å². The van der Waals surface area contributed by atoms with Crippen molar-refractivity contribution < 1.29 is 23.7 Å². The van der Waals surface area contributed by atoms with Crippen molar-refractivity contribution in [1.82, 2.24) is 20.1 Å². The van der Waals surface area contributed by atoms with E-state index in [9.17, 15) is 19.7 Å². The molecule has 2 aromatic heterocycles. The molecule has 0 unspecified atom stereocenters. The molecule has 0 bridgehead atoms. The van der Waals surface area contributed by atoms with Crippen LogP contribution in [0.2, 0.25) is 0 Å². The number of nitro groups is 1. The summed E-state index contributed by atoms with van der Waals surface area (Å²) in [5.74, 6) is 0.492. The number of nitro benzene ring substituents is 1. The standard InChI is InChI=1S/C23H20N6O6S/c1-34-18-10-4-15(5-11-18)25-21(30)14-36-23-27-26-20(13-24-22(31)19-3-2-12-35-19)28(23)16-6-8-17(9-7-16)29(32)33/h2-12H,13-14H2,1H3,(H,24,31)(H,25,30). The highest BCUT2D eigenvalue weighted by molar-refractivity contribution is 7.99. The minimum atomic E-state index is -0.500. The number of hydrogen-bond donors (Lipinski definition) is 2. The van der Waals surface area contributed by atoms with Crippen LogP contribution in [0.4, 0.5) is 11.4 Å². The number of carbonyl (C=O) groups is 2. The Morgan fingerprint density at radius 1 is 1.11 bits per heavy atom. The molecule has 0 radical (unpaired) electrons. The lowest BCUT2D eigenvalue weighted by atomic mass is 10.3. The number of anilines is 1. The maximum atomic E-state index is 12.5. The predicted octanol–water partition coefficient (Wildman–Crippen LogP) is 3.44. The lowest BCUT2D eigenvalue weighted by molar-refractivity contribution is -0.384. The summed E-state index contributed by atoms with van der Waals surface area (Å²) in [7, 11) is 1.56. The number of aromatic nitrogens is 3. The van der Waals surface area contributed by atoms with Crippen LogP contribution in [0.25, 0.3) is 5.69 Å².